The van der Waals surface area contributed by atoms with E-state index in [2.05, 4.69) is 0 Å². The molecule has 0 N–H and O–H groups in total. The highest BCUT2D eigenvalue weighted by atomic mass is 35.5. The molecule has 0 aliphatic heterocycles. The lowest BCUT2D eigenvalue weighted by molar-refractivity contribution is -0.412. The van der Waals surface area contributed by atoms with Gasteiger partial charge in [-0.25, -0.2) is 0 Å². The molecule has 0 amide bonds. The molecule has 0 saturated carbocycles. The third-order valence-electron chi connectivity index (χ3n) is 0.861. The molecule has 0 spiro atoms. The molecule has 4 nitrogen and oxygen atoms in total. The molecule has 0 bridgehead atoms. The standard InChI is InChI=1S/C5Cl4N2O2S/c6-2(4(7)8)3(14-1-10)5(9)11(12)13/b5-3-. The Morgan fingerprint density at radius 1 is 1.36 bits per heavy atom. The van der Waals surface area contributed by atoms with E-state index in [0.29, 0.717) is 11.8 Å². The first-order chi connectivity index (χ1) is 6.41. The number of nitrogens with zero attached hydrogens (tertiary/aromatic N) is 2. The molecule has 0 unspecified atom stereocenters. The van der Waals surface area contributed by atoms with Gasteiger partial charge in [0, 0.05) is 11.8 Å². The molecule has 0 heterocycles. The number of nitriles is 1. The summed E-state index contributed by atoms with van der Waals surface area (Å²) < 4.78 is -0.399. The zero-order valence-corrected chi connectivity index (χ0v) is 9.97. The van der Waals surface area contributed by atoms with Crippen LogP contribution in [0.1, 0.15) is 0 Å². The minimum absolute atomic E-state index is 0.291. The van der Waals surface area contributed by atoms with Crippen molar-refractivity contribution in [3.8, 4) is 5.40 Å². The Bertz CT molecular complexity index is 355. The maximum absolute atomic E-state index is 10.3. The molecule has 0 saturated heterocycles. The molecular weight excluding hydrogens is 294 g/mol. The molecule has 0 fully saturated rings. The predicted molar refractivity (Wildman–Crippen MR) is 57.7 cm³/mol. The molecular formula is C5Cl4N2O2S. The normalized spacial score (nSPS) is 11.4. The van der Waals surface area contributed by atoms with Gasteiger partial charge < -0.3 is 0 Å². The highest BCUT2D eigenvalue weighted by Gasteiger charge is 2.21. The average molecular weight is 294 g/mol. The Morgan fingerprint density at radius 2 is 1.86 bits per heavy atom. The molecule has 0 aromatic rings. The summed E-state index contributed by atoms with van der Waals surface area (Å²) in [6.45, 7) is 0. The fourth-order valence-electron chi connectivity index (χ4n) is 0.392. The van der Waals surface area contributed by atoms with Crippen LogP contribution < -0.4 is 0 Å². The molecule has 76 valence electrons. The van der Waals surface area contributed by atoms with Crippen LogP contribution >= 0.6 is 58.2 Å². The summed E-state index contributed by atoms with van der Waals surface area (Å²) in [5.74, 6) is 0. The summed E-state index contributed by atoms with van der Waals surface area (Å²) in [4.78, 5) is 9.07. The summed E-state index contributed by atoms with van der Waals surface area (Å²) in [6.07, 6.45) is 0. The Labute approximate surface area is 103 Å². The van der Waals surface area contributed by atoms with Crippen LogP contribution in [-0.2, 0) is 0 Å². The van der Waals surface area contributed by atoms with Crippen LogP contribution in [0.3, 0.4) is 0 Å². The average Bonchev–Trinajstić information content (AvgIpc) is 2.11. The van der Waals surface area contributed by atoms with Gasteiger partial charge in [-0.3, -0.25) is 10.1 Å². The molecule has 0 radical (unpaired) electrons. The minimum atomic E-state index is -0.902. The number of hydrogen-bond acceptors (Lipinski definition) is 4. The van der Waals surface area contributed by atoms with Gasteiger partial charge in [-0.1, -0.05) is 34.8 Å². The summed E-state index contributed by atoms with van der Waals surface area (Å²) in [6, 6.07) is 0. The predicted octanol–water partition coefficient (Wildman–Crippen LogP) is 3.77. The van der Waals surface area contributed by atoms with Gasteiger partial charge in [0.1, 0.15) is 14.8 Å². The van der Waals surface area contributed by atoms with Crippen LogP contribution in [0, 0.1) is 20.8 Å². The van der Waals surface area contributed by atoms with Crippen LogP contribution in [0.4, 0.5) is 0 Å². The molecule has 0 aliphatic rings. The fourth-order valence-corrected chi connectivity index (χ4v) is 1.60. The Hall–Kier alpha value is -0.120. The van der Waals surface area contributed by atoms with Crippen LogP contribution in [0.2, 0.25) is 0 Å². The lowest BCUT2D eigenvalue weighted by atomic mass is 10.6. The lowest BCUT2D eigenvalue weighted by Crippen LogP contribution is -1.95. The first kappa shape index (κ1) is 13.9. The fraction of sp³-hybridized carbons (Fsp3) is 0. The van der Waals surface area contributed by atoms with E-state index in [0.717, 1.165) is 0 Å². The van der Waals surface area contributed by atoms with Crippen molar-refractivity contribution in [1.82, 2.24) is 0 Å². The van der Waals surface area contributed by atoms with Crippen molar-refractivity contribution in [1.29, 1.82) is 5.26 Å². The Kier molecular flexibility index (Phi) is 6.33. The monoisotopic (exact) mass is 292 g/mol. The van der Waals surface area contributed by atoms with Crippen LogP contribution in [0.15, 0.2) is 19.6 Å². The quantitative estimate of drug-likeness (QED) is 0.261. The van der Waals surface area contributed by atoms with E-state index in [1.165, 1.54) is 0 Å². The van der Waals surface area contributed by atoms with Crippen molar-refractivity contribution in [3.05, 3.63) is 29.7 Å². The minimum Gasteiger partial charge on any atom is -0.257 e. The van der Waals surface area contributed by atoms with Gasteiger partial charge in [0.25, 0.3) is 0 Å². The van der Waals surface area contributed by atoms with Gasteiger partial charge in [0.2, 0.25) is 0 Å². The van der Waals surface area contributed by atoms with Crippen molar-refractivity contribution >= 4 is 58.2 Å². The van der Waals surface area contributed by atoms with Gasteiger partial charge in [-0.2, -0.15) is 5.26 Å². The number of hydrogen-bond donors (Lipinski definition) is 0. The van der Waals surface area contributed by atoms with E-state index < -0.39 is 14.6 Å². The van der Waals surface area contributed by atoms with Gasteiger partial charge in [-0.15, -0.1) is 0 Å². The van der Waals surface area contributed by atoms with Crippen molar-refractivity contribution < 1.29 is 4.92 Å². The smallest absolute Gasteiger partial charge is 0.257 e. The number of halogens is 4. The SMILES string of the molecule is N#CS/C(C(Cl)=C(Cl)Cl)=C(/Cl)[N+](=O)[O-]. The lowest BCUT2D eigenvalue weighted by Gasteiger charge is -1.98. The second kappa shape index (κ2) is 6.38. The summed E-state index contributed by atoms with van der Waals surface area (Å²) >= 11 is 21.7. The molecule has 0 aromatic carbocycles. The van der Waals surface area contributed by atoms with E-state index >= 15 is 0 Å². The largest absolute Gasteiger partial charge is 0.353 e. The zero-order valence-electron chi connectivity index (χ0n) is 6.13. The van der Waals surface area contributed by atoms with Crippen LogP contribution in [0.5, 0.6) is 0 Å². The van der Waals surface area contributed by atoms with Crippen molar-refractivity contribution in [3.63, 3.8) is 0 Å². The number of allylic oxidation sites excluding steroid dienone is 1. The maximum atomic E-state index is 10.3. The maximum Gasteiger partial charge on any atom is 0.353 e. The molecule has 9 heteroatoms. The van der Waals surface area contributed by atoms with Crippen molar-refractivity contribution in [2.24, 2.45) is 0 Å². The highest BCUT2D eigenvalue weighted by Crippen LogP contribution is 2.35. The zero-order chi connectivity index (χ0) is 11.3. The number of thioether (sulfide) groups is 1. The van der Waals surface area contributed by atoms with Gasteiger partial charge >= 0.3 is 5.16 Å². The molecule has 0 aliphatic carbocycles. The highest BCUT2D eigenvalue weighted by molar-refractivity contribution is 8.07. The second-order valence-electron chi connectivity index (χ2n) is 1.64. The molecule has 0 aromatic heterocycles. The number of thiocyanates is 1. The van der Waals surface area contributed by atoms with E-state index in [4.69, 9.17) is 51.7 Å². The van der Waals surface area contributed by atoms with Gasteiger partial charge in [-0.05, 0) is 11.6 Å². The topological polar surface area (TPSA) is 66.9 Å². The van der Waals surface area contributed by atoms with E-state index in [9.17, 15) is 10.1 Å². The van der Waals surface area contributed by atoms with Crippen molar-refractivity contribution in [2.45, 2.75) is 0 Å². The van der Waals surface area contributed by atoms with E-state index in [1.54, 1.807) is 5.40 Å². The first-order valence-corrected chi connectivity index (χ1v) is 5.05. The molecule has 0 atom stereocenters. The Morgan fingerprint density at radius 3 is 2.14 bits per heavy atom. The molecule has 0 rings (SSSR count). The summed E-state index contributed by atoms with van der Waals surface area (Å²) in [7, 11) is 0. The summed E-state index contributed by atoms with van der Waals surface area (Å²) in [5, 5.41) is 19.0. The third-order valence-corrected chi connectivity index (χ3v) is 3.05. The van der Waals surface area contributed by atoms with Crippen LogP contribution in [-0.4, -0.2) is 4.92 Å². The second-order valence-corrected chi connectivity index (χ2v) is 4.13. The Balaban J connectivity index is 5.39. The van der Waals surface area contributed by atoms with E-state index in [1.807, 2.05) is 0 Å². The van der Waals surface area contributed by atoms with Crippen molar-refractivity contribution in [2.75, 3.05) is 0 Å². The first-order valence-electron chi connectivity index (χ1n) is 2.73. The number of rotatable bonds is 3. The van der Waals surface area contributed by atoms with Crippen LogP contribution in [0.25, 0.3) is 0 Å². The molecule has 14 heavy (non-hydrogen) atoms. The van der Waals surface area contributed by atoms with Gasteiger partial charge in [0.15, 0.2) is 0 Å². The van der Waals surface area contributed by atoms with E-state index in [-0.39, 0.29) is 9.94 Å². The van der Waals surface area contributed by atoms with Gasteiger partial charge in [0.05, 0.1) is 9.96 Å². The number of nitro groups is 1. The summed E-state index contributed by atoms with van der Waals surface area (Å²) in [5.41, 5.74) is 0. The third kappa shape index (κ3) is 3.95.